The predicted molar refractivity (Wildman–Crippen MR) is 69.1 cm³/mol. The van der Waals surface area contributed by atoms with Gasteiger partial charge in [-0.2, -0.15) is 0 Å². The molecule has 0 aromatic heterocycles. The molecule has 0 radical (unpaired) electrons. The van der Waals surface area contributed by atoms with Crippen molar-refractivity contribution in [3.8, 4) is 0 Å². The zero-order chi connectivity index (χ0) is 12.9. The molecule has 3 heteroatoms. The maximum Gasteiger partial charge on any atom is 0.303 e. The average molecular weight is 242 g/mol. The SMILES string of the molecule is CCCCC(=O)CCCCCCCCC(=O)O. The molecule has 0 heterocycles. The lowest BCUT2D eigenvalue weighted by molar-refractivity contribution is -0.137. The molecule has 0 aliphatic carbocycles. The lowest BCUT2D eigenvalue weighted by Crippen LogP contribution is -1.97. The van der Waals surface area contributed by atoms with Crippen LogP contribution >= 0.6 is 0 Å². The Morgan fingerprint density at radius 2 is 1.24 bits per heavy atom. The third-order valence-corrected chi connectivity index (χ3v) is 2.91. The monoisotopic (exact) mass is 242 g/mol. The van der Waals surface area contributed by atoms with Crippen LogP contribution in [-0.4, -0.2) is 16.9 Å². The Labute approximate surface area is 105 Å². The van der Waals surface area contributed by atoms with Gasteiger partial charge in [-0.25, -0.2) is 0 Å². The fraction of sp³-hybridized carbons (Fsp3) is 0.857. The first-order valence-corrected chi connectivity index (χ1v) is 6.90. The normalized spacial score (nSPS) is 10.4. The van der Waals surface area contributed by atoms with Crippen LogP contribution in [0.1, 0.15) is 77.6 Å². The minimum atomic E-state index is -0.702. The number of carbonyl (C=O) groups is 2. The Morgan fingerprint density at radius 1 is 0.765 bits per heavy atom. The van der Waals surface area contributed by atoms with Crippen molar-refractivity contribution in [2.75, 3.05) is 0 Å². The summed E-state index contributed by atoms with van der Waals surface area (Å²) in [5.74, 6) is -0.302. The molecule has 17 heavy (non-hydrogen) atoms. The maximum absolute atomic E-state index is 11.3. The van der Waals surface area contributed by atoms with Crippen LogP contribution in [0.15, 0.2) is 0 Å². The second-order valence-corrected chi connectivity index (χ2v) is 4.66. The van der Waals surface area contributed by atoms with Crippen molar-refractivity contribution >= 4 is 11.8 Å². The molecule has 0 aromatic carbocycles. The van der Waals surface area contributed by atoms with E-state index in [9.17, 15) is 9.59 Å². The van der Waals surface area contributed by atoms with Gasteiger partial charge >= 0.3 is 5.97 Å². The maximum atomic E-state index is 11.3. The summed E-state index contributed by atoms with van der Waals surface area (Å²) in [5.41, 5.74) is 0. The van der Waals surface area contributed by atoms with Gasteiger partial charge in [-0.15, -0.1) is 0 Å². The van der Waals surface area contributed by atoms with Gasteiger partial charge in [-0.1, -0.05) is 39.0 Å². The van der Waals surface area contributed by atoms with Crippen molar-refractivity contribution in [1.29, 1.82) is 0 Å². The standard InChI is InChI=1S/C14H26O3/c1-2-3-10-13(15)11-8-6-4-5-7-9-12-14(16)17/h2-12H2,1H3,(H,16,17). The van der Waals surface area contributed by atoms with Gasteiger partial charge in [0.2, 0.25) is 0 Å². The summed E-state index contributed by atoms with van der Waals surface area (Å²) in [4.78, 5) is 21.6. The van der Waals surface area contributed by atoms with E-state index in [0.717, 1.165) is 64.2 Å². The molecule has 0 spiro atoms. The Morgan fingerprint density at radius 3 is 1.76 bits per heavy atom. The van der Waals surface area contributed by atoms with E-state index in [-0.39, 0.29) is 6.42 Å². The Kier molecular flexibility index (Phi) is 11.0. The van der Waals surface area contributed by atoms with Crippen LogP contribution < -0.4 is 0 Å². The topological polar surface area (TPSA) is 54.4 Å². The molecule has 0 atom stereocenters. The number of hydrogen-bond donors (Lipinski definition) is 1. The smallest absolute Gasteiger partial charge is 0.303 e. The van der Waals surface area contributed by atoms with E-state index in [1.807, 2.05) is 0 Å². The lowest BCUT2D eigenvalue weighted by atomic mass is 10.0. The molecule has 3 nitrogen and oxygen atoms in total. The summed E-state index contributed by atoms with van der Waals surface area (Å²) in [7, 11) is 0. The number of hydrogen-bond acceptors (Lipinski definition) is 2. The zero-order valence-corrected chi connectivity index (χ0v) is 11.0. The van der Waals surface area contributed by atoms with E-state index in [0.29, 0.717) is 5.78 Å². The summed E-state index contributed by atoms with van der Waals surface area (Å²) in [5, 5.41) is 8.45. The van der Waals surface area contributed by atoms with E-state index >= 15 is 0 Å². The van der Waals surface area contributed by atoms with Gasteiger partial charge in [0.25, 0.3) is 0 Å². The lowest BCUT2D eigenvalue weighted by Gasteiger charge is -2.01. The highest BCUT2D eigenvalue weighted by atomic mass is 16.4. The number of ketones is 1. The summed E-state index contributed by atoms with van der Waals surface area (Å²) in [6.45, 7) is 2.10. The number of rotatable bonds is 12. The molecule has 1 N–H and O–H groups in total. The molecule has 0 amide bonds. The summed E-state index contributed by atoms with van der Waals surface area (Å²) < 4.78 is 0. The molecule has 100 valence electrons. The highest BCUT2D eigenvalue weighted by Gasteiger charge is 2.01. The van der Waals surface area contributed by atoms with Gasteiger partial charge in [0.15, 0.2) is 0 Å². The number of aliphatic carboxylic acids is 1. The van der Waals surface area contributed by atoms with Gasteiger partial charge < -0.3 is 5.11 Å². The first kappa shape index (κ1) is 16.1. The summed E-state index contributed by atoms with van der Waals surface area (Å²) >= 11 is 0. The van der Waals surface area contributed by atoms with E-state index in [2.05, 4.69) is 6.92 Å². The Bertz CT molecular complexity index is 212. The molecular weight excluding hydrogens is 216 g/mol. The summed E-state index contributed by atoms with van der Waals surface area (Å²) in [6, 6.07) is 0. The van der Waals surface area contributed by atoms with Crippen molar-refractivity contribution in [1.82, 2.24) is 0 Å². The van der Waals surface area contributed by atoms with Gasteiger partial charge in [0.1, 0.15) is 5.78 Å². The molecule has 0 aliphatic heterocycles. The molecule has 0 aromatic rings. The number of carbonyl (C=O) groups excluding carboxylic acids is 1. The van der Waals surface area contributed by atoms with Crippen LogP contribution in [0.2, 0.25) is 0 Å². The van der Waals surface area contributed by atoms with E-state index < -0.39 is 5.97 Å². The predicted octanol–water partition coefficient (Wildman–Crippen LogP) is 3.95. The van der Waals surface area contributed by atoms with Crippen LogP contribution in [0.5, 0.6) is 0 Å². The minimum Gasteiger partial charge on any atom is -0.481 e. The van der Waals surface area contributed by atoms with Gasteiger partial charge in [0.05, 0.1) is 0 Å². The number of unbranched alkanes of at least 4 members (excludes halogenated alkanes) is 6. The quantitative estimate of drug-likeness (QED) is 0.527. The fourth-order valence-corrected chi connectivity index (χ4v) is 1.80. The van der Waals surface area contributed by atoms with Crippen LogP contribution in [0.3, 0.4) is 0 Å². The highest BCUT2D eigenvalue weighted by molar-refractivity contribution is 5.78. The van der Waals surface area contributed by atoms with Crippen molar-refractivity contribution in [3.05, 3.63) is 0 Å². The molecule has 0 unspecified atom stereocenters. The Hall–Kier alpha value is -0.860. The average Bonchev–Trinajstić information content (AvgIpc) is 2.29. The first-order chi connectivity index (χ1) is 8.16. The Balaban J connectivity index is 3.12. The second kappa shape index (κ2) is 11.6. The van der Waals surface area contributed by atoms with Crippen molar-refractivity contribution in [3.63, 3.8) is 0 Å². The largest absolute Gasteiger partial charge is 0.481 e. The summed E-state index contributed by atoms with van der Waals surface area (Å²) in [6.07, 6.45) is 9.98. The molecular formula is C14H26O3. The molecule has 0 aliphatic rings. The van der Waals surface area contributed by atoms with Crippen LogP contribution in [-0.2, 0) is 9.59 Å². The van der Waals surface area contributed by atoms with E-state index in [1.165, 1.54) is 0 Å². The van der Waals surface area contributed by atoms with Crippen molar-refractivity contribution in [2.45, 2.75) is 77.6 Å². The zero-order valence-electron chi connectivity index (χ0n) is 11.0. The molecule has 0 saturated carbocycles. The molecule has 0 saturated heterocycles. The van der Waals surface area contributed by atoms with Crippen LogP contribution in [0.25, 0.3) is 0 Å². The minimum absolute atomic E-state index is 0.287. The third kappa shape index (κ3) is 13.1. The van der Waals surface area contributed by atoms with Gasteiger partial charge in [-0.3, -0.25) is 9.59 Å². The number of carboxylic acids is 1. The van der Waals surface area contributed by atoms with Crippen molar-refractivity contribution < 1.29 is 14.7 Å². The van der Waals surface area contributed by atoms with E-state index in [1.54, 1.807) is 0 Å². The molecule has 0 fully saturated rings. The van der Waals surface area contributed by atoms with Gasteiger partial charge in [-0.05, 0) is 19.3 Å². The van der Waals surface area contributed by atoms with Crippen LogP contribution in [0, 0.1) is 0 Å². The number of Topliss-reactive ketones (excluding diaryl/α,β-unsaturated/α-hetero) is 1. The van der Waals surface area contributed by atoms with Crippen molar-refractivity contribution in [2.24, 2.45) is 0 Å². The van der Waals surface area contributed by atoms with E-state index in [4.69, 9.17) is 5.11 Å². The number of carboxylic acid groups (broad SMARTS) is 1. The van der Waals surface area contributed by atoms with Gasteiger partial charge in [0, 0.05) is 19.3 Å². The molecule has 0 bridgehead atoms. The van der Waals surface area contributed by atoms with Crippen LogP contribution in [0.4, 0.5) is 0 Å². The highest BCUT2D eigenvalue weighted by Crippen LogP contribution is 2.10. The third-order valence-electron chi connectivity index (χ3n) is 2.91. The molecule has 0 rings (SSSR count). The first-order valence-electron chi connectivity index (χ1n) is 6.90. The fourth-order valence-electron chi connectivity index (χ4n) is 1.80. The second-order valence-electron chi connectivity index (χ2n) is 4.66.